The zero-order valence-electron chi connectivity index (χ0n) is 18.3. The first-order valence-electron chi connectivity index (χ1n) is 10.8. The Morgan fingerprint density at radius 3 is 2.52 bits per heavy atom. The second kappa shape index (κ2) is 10.9. The van der Waals surface area contributed by atoms with Crippen LogP contribution in [0.2, 0.25) is 0 Å². The summed E-state index contributed by atoms with van der Waals surface area (Å²) in [4.78, 5) is 52.2. The second-order valence-electron chi connectivity index (χ2n) is 8.09. The molecular formula is C22H29N5O6. The van der Waals surface area contributed by atoms with E-state index in [1.807, 2.05) is 24.3 Å². The fourth-order valence-electron chi connectivity index (χ4n) is 3.77. The van der Waals surface area contributed by atoms with Gasteiger partial charge in [0.05, 0.1) is 12.6 Å². The van der Waals surface area contributed by atoms with Crippen molar-refractivity contribution in [2.24, 2.45) is 0 Å². The third kappa shape index (κ3) is 6.08. The lowest BCUT2D eigenvalue weighted by atomic mass is 10.0. The van der Waals surface area contributed by atoms with Crippen molar-refractivity contribution in [3.8, 4) is 0 Å². The highest BCUT2D eigenvalue weighted by atomic mass is 16.4. The van der Waals surface area contributed by atoms with Gasteiger partial charge in [0.1, 0.15) is 18.1 Å². The van der Waals surface area contributed by atoms with E-state index in [1.54, 1.807) is 6.20 Å². The zero-order chi connectivity index (χ0) is 24.0. The van der Waals surface area contributed by atoms with Gasteiger partial charge in [-0.15, -0.1) is 0 Å². The number of hydrogen-bond acceptors (Lipinski definition) is 6. The fourth-order valence-corrected chi connectivity index (χ4v) is 3.77. The van der Waals surface area contributed by atoms with Crippen molar-refractivity contribution in [3.63, 3.8) is 0 Å². The molecule has 2 aromatic rings. The number of aromatic amines is 1. The maximum absolute atomic E-state index is 13.1. The number of carboxylic acid groups (broad SMARTS) is 1. The van der Waals surface area contributed by atoms with Crippen molar-refractivity contribution in [1.82, 2.24) is 26.3 Å². The smallest absolute Gasteiger partial charge is 0.328 e. The molecule has 7 N–H and O–H groups in total. The van der Waals surface area contributed by atoms with Crippen molar-refractivity contribution in [2.45, 2.75) is 50.4 Å². The molecule has 3 amide bonds. The molecule has 11 heteroatoms. The summed E-state index contributed by atoms with van der Waals surface area (Å²) in [5.41, 5.74) is 1.72. The number of carbonyl (C=O) groups is 4. The Kier molecular flexibility index (Phi) is 8.01. The number of fused-ring (bicyclic) bond motifs is 1. The number of aliphatic carboxylic acids is 1. The number of carboxylic acids is 1. The molecule has 3 rings (SSSR count). The third-order valence-electron chi connectivity index (χ3n) is 5.66. The molecule has 0 spiro atoms. The minimum Gasteiger partial charge on any atom is -0.480 e. The highest BCUT2D eigenvalue weighted by molar-refractivity contribution is 5.94. The van der Waals surface area contributed by atoms with Crippen molar-refractivity contribution in [2.75, 3.05) is 13.2 Å². The Morgan fingerprint density at radius 1 is 1.09 bits per heavy atom. The first-order valence-corrected chi connectivity index (χ1v) is 10.8. The normalized spacial score (nSPS) is 18.3. The standard InChI is InChI=1S/C22H29N5O6/c1-12(19(29)27-18(11-28)22(32)33)25-21(31)17(26-20(30)16-7-4-8-23-16)9-13-10-24-15-6-3-2-5-14(13)15/h2-3,5-6,10,12,16-18,23-24,28H,4,7-9,11H2,1H3,(H,25,31)(H,26,30)(H,27,29)(H,32,33). The van der Waals surface area contributed by atoms with Crippen LogP contribution in [0.4, 0.5) is 0 Å². The Labute approximate surface area is 190 Å². The van der Waals surface area contributed by atoms with E-state index < -0.39 is 42.5 Å². The number of H-pyrrole nitrogens is 1. The Hall–Kier alpha value is -3.44. The molecule has 4 unspecified atom stereocenters. The second-order valence-corrected chi connectivity index (χ2v) is 8.09. The molecule has 4 atom stereocenters. The lowest BCUT2D eigenvalue weighted by molar-refractivity contribution is -0.143. The predicted octanol–water partition coefficient (Wildman–Crippen LogP) is -0.986. The zero-order valence-corrected chi connectivity index (χ0v) is 18.3. The van der Waals surface area contributed by atoms with Gasteiger partial charge in [-0.2, -0.15) is 0 Å². The molecule has 1 saturated heterocycles. The molecule has 0 radical (unpaired) electrons. The number of benzene rings is 1. The van der Waals surface area contributed by atoms with Gasteiger partial charge in [0.15, 0.2) is 0 Å². The van der Waals surface area contributed by atoms with E-state index in [0.29, 0.717) is 6.42 Å². The van der Waals surface area contributed by atoms with Crippen LogP contribution in [0.25, 0.3) is 10.9 Å². The Morgan fingerprint density at radius 2 is 1.85 bits per heavy atom. The number of hydrogen-bond donors (Lipinski definition) is 7. The van der Waals surface area contributed by atoms with Crippen LogP contribution in [0.1, 0.15) is 25.3 Å². The van der Waals surface area contributed by atoms with Crippen LogP contribution >= 0.6 is 0 Å². The van der Waals surface area contributed by atoms with Crippen molar-refractivity contribution in [1.29, 1.82) is 0 Å². The third-order valence-corrected chi connectivity index (χ3v) is 5.66. The number of aromatic nitrogens is 1. The molecule has 11 nitrogen and oxygen atoms in total. The molecule has 1 aliphatic rings. The lowest BCUT2D eigenvalue weighted by Crippen LogP contribution is -2.57. The van der Waals surface area contributed by atoms with Gasteiger partial charge < -0.3 is 36.5 Å². The highest BCUT2D eigenvalue weighted by Gasteiger charge is 2.30. The van der Waals surface area contributed by atoms with E-state index in [2.05, 4.69) is 26.3 Å². The van der Waals surface area contributed by atoms with Gasteiger partial charge >= 0.3 is 5.97 Å². The number of rotatable bonds is 10. The van der Waals surface area contributed by atoms with Crippen LogP contribution in [-0.4, -0.2) is 76.2 Å². The van der Waals surface area contributed by atoms with Crippen molar-refractivity contribution in [3.05, 3.63) is 36.0 Å². The van der Waals surface area contributed by atoms with E-state index in [9.17, 15) is 19.2 Å². The van der Waals surface area contributed by atoms with Crippen molar-refractivity contribution >= 4 is 34.6 Å². The van der Waals surface area contributed by atoms with Crippen LogP contribution in [0.3, 0.4) is 0 Å². The molecule has 33 heavy (non-hydrogen) atoms. The number of nitrogens with one attached hydrogen (secondary N) is 5. The van der Waals surface area contributed by atoms with E-state index in [0.717, 1.165) is 29.4 Å². The van der Waals surface area contributed by atoms with Crippen LogP contribution in [0, 0.1) is 0 Å². The van der Waals surface area contributed by atoms with E-state index in [4.69, 9.17) is 10.2 Å². The molecule has 1 aromatic heterocycles. The average Bonchev–Trinajstić information content (AvgIpc) is 3.47. The summed E-state index contributed by atoms with van der Waals surface area (Å²) in [7, 11) is 0. The van der Waals surface area contributed by atoms with Crippen LogP contribution in [-0.2, 0) is 25.6 Å². The maximum atomic E-state index is 13.1. The molecule has 0 aliphatic carbocycles. The minimum atomic E-state index is -1.48. The van der Waals surface area contributed by atoms with Gasteiger partial charge in [-0.05, 0) is 37.9 Å². The minimum absolute atomic E-state index is 0.192. The largest absolute Gasteiger partial charge is 0.480 e. The molecule has 178 valence electrons. The lowest BCUT2D eigenvalue weighted by Gasteiger charge is -2.23. The van der Waals surface area contributed by atoms with Gasteiger partial charge in [-0.1, -0.05) is 18.2 Å². The summed E-state index contributed by atoms with van der Waals surface area (Å²) < 4.78 is 0. The number of aliphatic hydroxyl groups is 1. The summed E-state index contributed by atoms with van der Waals surface area (Å²) in [6, 6.07) is 3.67. The number of aliphatic hydroxyl groups excluding tert-OH is 1. The van der Waals surface area contributed by atoms with E-state index in [-0.39, 0.29) is 18.4 Å². The summed E-state index contributed by atoms with van der Waals surface area (Å²) in [6.45, 7) is 1.34. The van der Waals surface area contributed by atoms with E-state index >= 15 is 0 Å². The number of para-hydroxylation sites is 1. The van der Waals surface area contributed by atoms with Gasteiger partial charge in [0.2, 0.25) is 17.7 Å². The Balaban J connectivity index is 1.73. The molecule has 0 bridgehead atoms. The summed E-state index contributed by atoms with van der Waals surface area (Å²) in [5.74, 6) is -3.03. The average molecular weight is 460 g/mol. The molecular weight excluding hydrogens is 430 g/mol. The SMILES string of the molecule is CC(NC(=O)C(Cc1c[nH]c2ccccc12)NC(=O)C1CCCN1)C(=O)NC(CO)C(=O)O. The number of carbonyl (C=O) groups excluding carboxylic acids is 3. The molecule has 1 aromatic carbocycles. The molecule has 0 saturated carbocycles. The monoisotopic (exact) mass is 459 g/mol. The predicted molar refractivity (Wildman–Crippen MR) is 119 cm³/mol. The molecule has 1 fully saturated rings. The highest BCUT2D eigenvalue weighted by Crippen LogP contribution is 2.19. The van der Waals surface area contributed by atoms with Gasteiger partial charge in [-0.25, -0.2) is 4.79 Å². The van der Waals surface area contributed by atoms with Gasteiger partial charge in [0, 0.05) is 23.5 Å². The topological polar surface area (TPSA) is 173 Å². The molecule has 2 heterocycles. The first-order chi connectivity index (χ1) is 15.8. The number of amides is 3. The Bertz CT molecular complexity index is 1020. The first kappa shape index (κ1) is 24.2. The van der Waals surface area contributed by atoms with Gasteiger partial charge in [0.25, 0.3) is 0 Å². The van der Waals surface area contributed by atoms with Crippen LogP contribution in [0.5, 0.6) is 0 Å². The van der Waals surface area contributed by atoms with Gasteiger partial charge in [-0.3, -0.25) is 14.4 Å². The summed E-state index contributed by atoms with van der Waals surface area (Å²) >= 11 is 0. The maximum Gasteiger partial charge on any atom is 0.328 e. The quantitative estimate of drug-likeness (QED) is 0.239. The van der Waals surface area contributed by atoms with Crippen LogP contribution in [0.15, 0.2) is 30.5 Å². The van der Waals surface area contributed by atoms with Crippen LogP contribution < -0.4 is 21.3 Å². The van der Waals surface area contributed by atoms with Crippen molar-refractivity contribution < 1.29 is 29.4 Å². The summed E-state index contributed by atoms with van der Waals surface area (Å²) in [5, 5.41) is 29.6. The summed E-state index contributed by atoms with van der Waals surface area (Å²) in [6.07, 6.45) is 3.50. The van der Waals surface area contributed by atoms with E-state index in [1.165, 1.54) is 6.92 Å². The molecule has 1 aliphatic heterocycles. The fraction of sp³-hybridized carbons (Fsp3) is 0.455.